The molecule has 0 unspecified atom stereocenters. The highest BCUT2D eigenvalue weighted by molar-refractivity contribution is 5.73. The molecule has 1 rings (SSSR count). The number of carbonyl (C=O) groups excluding carboxylic acids is 1. The molecule has 0 aliphatic rings. The van der Waals surface area contributed by atoms with Gasteiger partial charge in [0, 0.05) is 25.3 Å². The molecule has 0 atom stereocenters. The van der Waals surface area contributed by atoms with E-state index >= 15 is 0 Å². The molecule has 2 amide bonds. The number of methoxy groups -OCH3 is 1. The molecule has 1 aromatic rings. The van der Waals surface area contributed by atoms with Crippen LogP contribution in [0.3, 0.4) is 0 Å². The summed E-state index contributed by atoms with van der Waals surface area (Å²) in [6.45, 7) is 0.954. The average Bonchev–Trinajstić information content (AvgIpc) is 2.37. The van der Waals surface area contributed by atoms with Crippen molar-refractivity contribution in [3.8, 4) is 5.75 Å². The van der Waals surface area contributed by atoms with Crippen molar-refractivity contribution in [1.29, 1.82) is 0 Å². The zero-order valence-corrected chi connectivity index (χ0v) is 9.90. The topological polar surface area (TPSA) is 70.6 Å². The molecule has 0 saturated heterocycles. The summed E-state index contributed by atoms with van der Waals surface area (Å²) in [7, 11) is 1.60. The monoisotopic (exact) mass is 238 g/mol. The predicted octanol–water partition coefficient (Wildman–Crippen LogP) is 0.877. The summed E-state index contributed by atoms with van der Waals surface area (Å²) >= 11 is 0. The second kappa shape index (κ2) is 7.51. The molecule has 0 fully saturated rings. The summed E-state index contributed by atoms with van der Waals surface area (Å²) in [5, 5.41) is 13.9. The van der Waals surface area contributed by atoms with Gasteiger partial charge in [0.15, 0.2) is 0 Å². The summed E-state index contributed by atoms with van der Waals surface area (Å²) in [5.41, 5.74) is 0.923. The molecular formula is C12H18N2O3. The second-order valence-corrected chi connectivity index (χ2v) is 3.50. The Labute approximate surface area is 101 Å². The van der Waals surface area contributed by atoms with Gasteiger partial charge in [0.2, 0.25) is 0 Å². The Hall–Kier alpha value is -1.75. The van der Waals surface area contributed by atoms with E-state index in [1.165, 1.54) is 0 Å². The van der Waals surface area contributed by atoms with Crippen LogP contribution in [0.25, 0.3) is 0 Å². The van der Waals surface area contributed by atoms with Crippen LogP contribution in [0.4, 0.5) is 4.79 Å². The number of aliphatic hydroxyl groups is 1. The number of rotatable bonds is 6. The summed E-state index contributed by atoms with van der Waals surface area (Å²) in [6.07, 6.45) is 0.558. The summed E-state index contributed by atoms with van der Waals surface area (Å²) in [6, 6.07) is 7.27. The number of carbonyl (C=O) groups is 1. The molecule has 5 nitrogen and oxygen atoms in total. The van der Waals surface area contributed by atoms with Crippen LogP contribution >= 0.6 is 0 Å². The fourth-order valence-corrected chi connectivity index (χ4v) is 1.37. The van der Waals surface area contributed by atoms with Crippen LogP contribution in [0, 0.1) is 0 Å². The lowest BCUT2D eigenvalue weighted by Crippen LogP contribution is -2.35. The van der Waals surface area contributed by atoms with E-state index in [4.69, 9.17) is 9.84 Å². The van der Waals surface area contributed by atoms with Crippen molar-refractivity contribution < 1.29 is 14.6 Å². The van der Waals surface area contributed by atoms with Crippen molar-refractivity contribution in [1.82, 2.24) is 10.6 Å². The number of benzene rings is 1. The number of ether oxygens (including phenoxy) is 1. The molecule has 0 radical (unpaired) electrons. The van der Waals surface area contributed by atoms with E-state index in [9.17, 15) is 4.79 Å². The Morgan fingerprint density at radius 1 is 1.35 bits per heavy atom. The predicted molar refractivity (Wildman–Crippen MR) is 64.9 cm³/mol. The third kappa shape index (κ3) is 4.74. The van der Waals surface area contributed by atoms with Gasteiger partial charge in [-0.05, 0) is 12.5 Å². The maximum Gasteiger partial charge on any atom is 0.315 e. The van der Waals surface area contributed by atoms with Crippen molar-refractivity contribution >= 4 is 6.03 Å². The third-order valence-corrected chi connectivity index (χ3v) is 2.25. The number of aliphatic hydroxyl groups excluding tert-OH is 1. The quantitative estimate of drug-likeness (QED) is 0.644. The first-order valence-electron chi connectivity index (χ1n) is 5.52. The molecule has 3 N–H and O–H groups in total. The highest BCUT2D eigenvalue weighted by Crippen LogP contribution is 2.16. The van der Waals surface area contributed by atoms with Crippen molar-refractivity contribution in [2.45, 2.75) is 13.0 Å². The van der Waals surface area contributed by atoms with Gasteiger partial charge in [-0.2, -0.15) is 0 Å². The molecule has 0 aliphatic carbocycles. The standard InChI is InChI=1S/C12H18N2O3/c1-17-11-6-3-2-5-10(11)9-14-12(16)13-7-4-8-15/h2-3,5-6,15H,4,7-9H2,1H3,(H2,13,14,16). The molecule has 0 spiro atoms. The highest BCUT2D eigenvalue weighted by atomic mass is 16.5. The minimum absolute atomic E-state index is 0.0762. The SMILES string of the molecule is COc1ccccc1CNC(=O)NCCCO. The van der Waals surface area contributed by atoms with Gasteiger partial charge in [0.25, 0.3) is 0 Å². The molecule has 0 saturated carbocycles. The zero-order chi connectivity index (χ0) is 12.5. The van der Waals surface area contributed by atoms with Gasteiger partial charge in [0.1, 0.15) is 5.75 Å². The number of urea groups is 1. The number of hydrogen-bond donors (Lipinski definition) is 3. The zero-order valence-electron chi connectivity index (χ0n) is 9.90. The van der Waals surface area contributed by atoms with Crippen molar-refractivity contribution in [2.24, 2.45) is 0 Å². The van der Waals surface area contributed by atoms with Gasteiger partial charge in [-0.25, -0.2) is 4.79 Å². The maximum atomic E-state index is 11.3. The Bertz CT molecular complexity index is 355. The van der Waals surface area contributed by atoms with E-state index in [0.29, 0.717) is 19.5 Å². The van der Waals surface area contributed by atoms with Crippen LogP contribution in [0.1, 0.15) is 12.0 Å². The molecule has 1 aromatic carbocycles. The summed E-state index contributed by atoms with van der Waals surface area (Å²) < 4.78 is 5.17. The number of nitrogens with one attached hydrogen (secondary N) is 2. The first-order valence-corrected chi connectivity index (χ1v) is 5.52. The average molecular weight is 238 g/mol. The van der Waals surface area contributed by atoms with Crippen LogP contribution in [-0.4, -0.2) is 31.4 Å². The molecule has 17 heavy (non-hydrogen) atoms. The third-order valence-electron chi connectivity index (χ3n) is 2.25. The molecule has 5 heteroatoms. The Balaban J connectivity index is 2.36. The summed E-state index contributed by atoms with van der Waals surface area (Å²) in [4.78, 5) is 11.3. The van der Waals surface area contributed by atoms with Gasteiger partial charge in [-0.1, -0.05) is 18.2 Å². The van der Waals surface area contributed by atoms with Crippen LogP contribution < -0.4 is 15.4 Å². The molecule has 0 heterocycles. The van der Waals surface area contributed by atoms with Crippen LogP contribution in [0.15, 0.2) is 24.3 Å². The van der Waals surface area contributed by atoms with E-state index in [0.717, 1.165) is 11.3 Å². The van der Waals surface area contributed by atoms with Crippen molar-refractivity contribution in [3.63, 3.8) is 0 Å². The van der Waals surface area contributed by atoms with E-state index in [2.05, 4.69) is 10.6 Å². The molecule has 94 valence electrons. The highest BCUT2D eigenvalue weighted by Gasteiger charge is 2.03. The Kier molecular flexibility index (Phi) is 5.88. The number of hydrogen-bond acceptors (Lipinski definition) is 3. The minimum atomic E-state index is -0.246. The lowest BCUT2D eigenvalue weighted by atomic mass is 10.2. The number of para-hydroxylation sites is 1. The van der Waals surface area contributed by atoms with Crippen molar-refractivity contribution in [2.75, 3.05) is 20.3 Å². The van der Waals surface area contributed by atoms with Gasteiger partial charge in [0.05, 0.1) is 7.11 Å². The fourth-order valence-electron chi connectivity index (χ4n) is 1.37. The van der Waals surface area contributed by atoms with E-state index in [1.54, 1.807) is 7.11 Å². The largest absolute Gasteiger partial charge is 0.496 e. The smallest absolute Gasteiger partial charge is 0.315 e. The summed E-state index contributed by atoms with van der Waals surface area (Å²) in [5.74, 6) is 0.753. The first-order chi connectivity index (χ1) is 8.27. The molecule has 0 aliphatic heterocycles. The van der Waals surface area contributed by atoms with E-state index in [1.807, 2.05) is 24.3 Å². The normalized spacial score (nSPS) is 9.76. The molecular weight excluding hydrogens is 220 g/mol. The Morgan fingerprint density at radius 2 is 2.12 bits per heavy atom. The van der Waals surface area contributed by atoms with Gasteiger partial charge < -0.3 is 20.5 Å². The van der Waals surface area contributed by atoms with Gasteiger partial charge in [-0.3, -0.25) is 0 Å². The number of amides is 2. The van der Waals surface area contributed by atoms with Crippen LogP contribution in [-0.2, 0) is 6.54 Å². The van der Waals surface area contributed by atoms with Crippen LogP contribution in [0.2, 0.25) is 0 Å². The second-order valence-electron chi connectivity index (χ2n) is 3.50. The Morgan fingerprint density at radius 3 is 2.82 bits per heavy atom. The fraction of sp³-hybridized carbons (Fsp3) is 0.417. The van der Waals surface area contributed by atoms with Gasteiger partial charge in [-0.15, -0.1) is 0 Å². The van der Waals surface area contributed by atoms with Crippen LogP contribution in [0.5, 0.6) is 5.75 Å². The lowest BCUT2D eigenvalue weighted by Gasteiger charge is -2.10. The minimum Gasteiger partial charge on any atom is -0.496 e. The maximum absolute atomic E-state index is 11.3. The molecule has 0 bridgehead atoms. The van der Waals surface area contributed by atoms with E-state index < -0.39 is 0 Å². The van der Waals surface area contributed by atoms with Crippen molar-refractivity contribution in [3.05, 3.63) is 29.8 Å². The molecule has 0 aromatic heterocycles. The van der Waals surface area contributed by atoms with E-state index in [-0.39, 0.29) is 12.6 Å². The lowest BCUT2D eigenvalue weighted by molar-refractivity contribution is 0.237. The van der Waals surface area contributed by atoms with Gasteiger partial charge >= 0.3 is 6.03 Å². The first kappa shape index (κ1) is 13.3.